The van der Waals surface area contributed by atoms with Gasteiger partial charge in [-0.1, -0.05) is 6.07 Å². The number of aromatic amines is 1. The van der Waals surface area contributed by atoms with Crippen molar-refractivity contribution in [1.82, 2.24) is 24.3 Å². The Morgan fingerprint density at radius 3 is 2.96 bits per heavy atom. The summed E-state index contributed by atoms with van der Waals surface area (Å²) in [6.45, 7) is -0.0413. The van der Waals surface area contributed by atoms with Gasteiger partial charge in [-0.15, -0.1) is 11.3 Å². The third-order valence-electron chi connectivity index (χ3n) is 4.36. The zero-order chi connectivity index (χ0) is 18.4. The van der Waals surface area contributed by atoms with Crippen LogP contribution in [0.5, 0.6) is 0 Å². The van der Waals surface area contributed by atoms with E-state index in [0.717, 1.165) is 22.3 Å². The van der Waals surface area contributed by atoms with Crippen LogP contribution < -0.4 is 5.56 Å². The Kier molecular flexibility index (Phi) is 3.59. The molecule has 5 aromatic heterocycles. The maximum absolute atomic E-state index is 12.6. The summed E-state index contributed by atoms with van der Waals surface area (Å²) in [6, 6.07) is 9.29. The first-order valence-corrected chi connectivity index (χ1v) is 9.13. The Labute approximate surface area is 156 Å². The molecule has 0 unspecified atom stereocenters. The summed E-state index contributed by atoms with van der Waals surface area (Å²) >= 11 is 1.35. The topological polar surface area (TPSA) is 96.2 Å². The zero-order valence-corrected chi connectivity index (χ0v) is 14.8. The molecule has 5 rings (SSSR count). The molecule has 0 radical (unpaired) electrons. The van der Waals surface area contributed by atoms with Crippen LogP contribution in [0.4, 0.5) is 0 Å². The summed E-state index contributed by atoms with van der Waals surface area (Å²) in [5.41, 5.74) is 3.61. The van der Waals surface area contributed by atoms with Crippen molar-refractivity contribution in [2.75, 3.05) is 0 Å². The molecular formula is C19H13N5O2S. The Bertz CT molecular complexity index is 1340. The van der Waals surface area contributed by atoms with E-state index in [9.17, 15) is 9.90 Å². The van der Waals surface area contributed by atoms with E-state index in [0.29, 0.717) is 21.9 Å². The largest absolute Gasteiger partial charge is 0.392 e. The second-order valence-corrected chi connectivity index (χ2v) is 6.91. The van der Waals surface area contributed by atoms with Crippen LogP contribution >= 0.6 is 11.3 Å². The molecule has 0 saturated carbocycles. The van der Waals surface area contributed by atoms with Crippen LogP contribution in [-0.2, 0) is 6.61 Å². The van der Waals surface area contributed by atoms with Crippen LogP contribution in [0.1, 0.15) is 5.56 Å². The maximum atomic E-state index is 12.6. The number of imidazole rings is 1. The number of thiophene rings is 1. The SMILES string of the molecule is O=c1[nH]c(-c2ncc3cc(CO)ccn23)nc2c(-c3ccccn3)csc12. The fraction of sp³-hybridized carbons (Fsp3) is 0.0526. The van der Waals surface area contributed by atoms with E-state index < -0.39 is 0 Å². The first kappa shape index (κ1) is 15.9. The predicted molar refractivity (Wildman–Crippen MR) is 104 cm³/mol. The van der Waals surface area contributed by atoms with Crippen LogP contribution in [-0.4, -0.2) is 29.4 Å². The molecule has 8 heteroatoms. The molecule has 0 fully saturated rings. The first-order chi connectivity index (χ1) is 13.2. The van der Waals surface area contributed by atoms with Crippen molar-refractivity contribution < 1.29 is 5.11 Å². The molecule has 7 nitrogen and oxygen atoms in total. The third-order valence-corrected chi connectivity index (χ3v) is 5.33. The van der Waals surface area contributed by atoms with Crippen molar-refractivity contribution in [3.8, 4) is 22.9 Å². The molecule has 0 amide bonds. The second kappa shape index (κ2) is 6.11. The van der Waals surface area contributed by atoms with Crippen LogP contribution in [0.25, 0.3) is 38.6 Å². The van der Waals surface area contributed by atoms with Gasteiger partial charge in [0.15, 0.2) is 11.6 Å². The molecule has 27 heavy (non-hydrogen) atoms. The van der Waals surface area contributed by atoms with Crippen LogP contribution in [0.15, 0.2) is 59.1 Å². The van der Waals surface area contributed by atoms with E-state index in [2.05, 4.69) is 19.9 Å². The summed E-state index contributed by atoms with van der Waals surface area (Å²) in [5.74, 6) is 0.923. The van der Waals surface area contributed by atoms with E-state index in [1.165, 1.54) is 11.3 Å². The van der Waals surface area contributed by atoms with Crippen molar-refractivity contribution >= 4 is 27.1 Å². The highest BCUT2D eigenvalue weighted by molar-refractivity contribution is 7.17. The lowest BCUT2D eigenvalue weighted by Gasteiger charge is -2.04. The lowest BCUT2D eigenvalue weighted by Crippen LogP contribution is -2.09. The Morgan fingerprint density at radius 1 is 1.22 bits per heavy atom. The first-order valence-electron chi connectivity index (χ1n) is 8.25. The number of rotatable bonds is 3. The smallest absolute Gasteiger partial charge is 0.269 e. The Morgan fingerprint density at radius 2 is 2.15 bits per heavy atom. The monoisotopic (exact) mass is 375 g/mol. The summed E-state index contributed by atoms with van der Waals surface area (Å²) < 4.78 is 2.39. The van der Waals surface area contributed by atoms with Gasteiger partial charge in [0.05, 0.1) is 29.5 Å². The van der Waals surface area contributed by atoms with Crippen LogP contribution in [0.2, 0.25) is 0 Å². The van der Waals surface area contributed by atoms with Gasteiger partial charge >= 0.3 is 0 Å². The minimum Gasteiger partial charge on any atom is -0.392 e. The van der Waals surface area contributed by atoms with Crippen LogP contribution in [0, 0.1) is 0 Å². The summed E-state index contributed by atoms with van der Waals surface area (Å²) in [6.07, 6.45) is 5.21. The highest BCUT2D eigenvalue weighted by Gasteiger charge is 2.16. The van der Waals surface area contributed by atoms with Gasteiger partial charge in [-0.3, -0.25) is 14.2 Å². The number of hydrogen-bond donors (Lipinski definition) is 2. The van der Waals surface area contributed by atoms with Gasteiger partial charge in [-0.25, -0.2) is 9.97 Å². The minimum atomic E-state index is -0.203. The molecule has 0 saturated heterocycles. The highest BCUT2D eigenvalue weighted by atomic mass is 32.1. The molecule has 132 valence electrons. The van der Waals surface area contributed by atoms with Crippen molar-refractivity contribution in [2.45, 2.75) is 6.61 Å². The normalized spacial score (nSPS) is 11.4. The predicted octanol–water partition coefficient (Wildman–Crippen LogP) is 2.85. The van der Waals surface area contributed by atoms with Gasteiger partial charge < -0.3 is 10.1 Å². The summed E-state index contributed by atoms with van der Waals surface area (Å²) in [5, 5.41) is 11.2. The molecule has 2 N–H and O–H groups in total. The molecule has 0 spiro atoms. The number of nitrogens with one attached hydrogen (secondary N) is 1. The van der Waals surface area contributed by atoms with Crippen molar-refractivity contribution in [1.29, 1.82) is 0 Å². The fourth-order valence-electron chi connectivity index (χ4n) is 3.06. The lowest BCUT2D eigenvalue weighted by atomic mass is 10.2. The molecule has 0 aromatic carbocycles. The van der Waals surface area contributed by atoms with Gasteiger partial charge in [0.1, 0.15) is 4.70 Å². The number of H-pyrrole nitrogens is 1. The fourth-order valence-corrected chi connectivity index (χ4v) is 3.95. The number of nitrogens with zero attached hydrogens (tertiary/aromatic N) is 4. The van der Waals surface area contributed by atoms with Gasteiger partial charge in [0.25, 0.3) is 5.56 Å². The third kappa shape index (κ3) is 2.54. The Balaban J connectivity index is 1.74. The number of hydrogen-bond acceptors (Lipinski definition) is 6. The highest BCUT2D eigenvalue weighted by Crippen LogP contribution is 2.30. The minimum absolute atomic E-state index is 0.0413. The van der Waals surface area contributed by atoms with Gasteiger partial charge in [0.2, 0.25) is 0 Å². The molecule has 5 aromatic rings. The molecule has 0 aliphatic carbocycles. The standard InChI is InChI=1S/C19H13N5O2S/c25-9-11-4-6-24-12(7-11)8-21-18(24)17-22-15-13(14-3-1-2-5-20-14)10-27-16(15)19(26)23-17/h1-8,10,25H,9H2,(H,22,23,26). The van der Waals surface area contributed by atoms with E-state index in [1.807, 2.05) is 34.0 Å². The van der Waals surface area contributed by atoms with E-state index in [4.69, 9.17) is 0 Å². The van der Waals surface area contributed by atoms with Crippen LogP contribution in [0.3, 0.4) is 0 Å². The van der Waals surface area contributed by atoms with Crippen molar-refractivity contribution in [3.05, 3.63) is 70.2 Å². The van der Waals surface area contributed by atoms with Gasteiger partial charge in [-0.2, -0.15) is 0 Å². The Hall–Kier alpha value is -3.36. The molecule has 5 heterocycles. The number of aromatic nitrogens is 5. The average Bonchev–Trinajstić information content (AvgIpc) is 3.32. The van der Waals surface area contributed by atoms with E-state index >= 15 is 0 Å². The number of aliphatic hydroxyl groups is 1. The van der Waals surface area contributed by atoms with E-state index in [-0.39, 0.29) is 12.2 Å². The average molecular weight is 375 g/mol. The molecule has 0 atom stereocenters. The summed E-state index contributed by atoms with van der Waals surface area (Å²) in [7, 11) is 0. The molecular weight excluding hydrogens is 362 g/mol. The number of aliphatic hydroxyl groups excluding tert-OH is 1. The zero-order valence-electron chi connectivity index (χ0n) is 14.0. The van der Waals surface area contributed by atoms with E-state index in [1.54, 1.807) is 24.7 Å². The summed E-state index contributed by atoms with van der Waals surface area (Å²) in [4.78, 5) is 28.9. The second-order valence-electron chi connectivity index (χ2n) is 6.03. The van der Waals surface area contributed by atoms with Gasteiger partial charge in [-0.05, 0) is 29.8 Å². The quantitative estimate of drug-likeness (QED) is 0.505. The van der Waals surface area contributed by atoms with Gasteiger partial charge in [0, 0.05) is 23.3 Å². The molecule has 0 bridgehead atoms. The molecule has 0 aliphatic heterocycles. The lowest BCUT2D eigenvalue weighted by molar-refractivity contribution is 0.282. The van der Waals surface area contributed by atoms with Crippen molar-refractivity contribution in [2.24, 2.45) is 0 Å². The molecule has 0 aliphatic rings. The number of fused-ring (bicyclic) bond motifs is 2. The maximum Gasteiger partial charge on any atom is 0.269 e. The number of pyridine rings is 2. The van der Waals surface area contributed by atoms with Crippen molar-refractivity contribution in [3.63, 3.8) is 0 Å².